The van der Waals surface area contributed by atoms with Crippen LogP contribution >= 0.6 is 0 Å². The van der Waals surface area contributed by atoms with Crippen molar-refractivity contribution in [1.82, 2.24) is 9.80 Å². The Morgan fingerprint density at radius 1 is 0.583 bits per heavy atom. The number of anilines is 2. The highest BCUT2D eigenvalue weighted by Crippen LogP contribution is 2.27. The molecule has 5 nitrogen and oxygen atoms in total. The van der Waals surface area contributed by atoms with Crippen LogP contribution in [0.2, 0.25) is 0 Å². The molecule has 6 rings (SSSR count). The first-order valence-corrected chi connectivity index (χ1v) is 19.0. The van der Waals surface area contributed by atoms with E-state index in [4.69, 9.17) is 5.73 Å². The largest absolute Gasteiger partial charge is 0.369 e. The maximum Gasteiger partial charge on any atom is 0.0367 e. The Labute approximate surface area is 294 Å². The van der Waals surface area contributed by atoms with Crippen molar-refractivity contribution in [2.75, 3.05) is 75.8 Å². The van der Waals surface area contributed by atoms with Crippen molar-refractivity contribution in [3.05, 3.63) is 95.1 Å². The normalized spacial score (nSPS) is 17.8. The van der Waals surface area contributed by atoms with Crippen LogP contribution in [0.15, 0.2) is 72.8 Å². The first-order chi connectivity index (χ1) is 23.1. The van der Waals surface area contributed by atoms with Crippen LogP contribution < -0.4 is 15.5 Å². The summed E-state index contributed by atoms with van der Waals surface area (Å²) in [7, 11) is 2.19. The minimum atomic E-state index is 0.599. The number of benzene rings is 3. The molecular weight excluding hydrogens is 587 g/mol. The van der Waals surface area contributed by atoms with Gasteiger partial charge in [-0.15, -0.1) is 0 Å². The van der Waals surface area contributed by atoms with Crippen molar-refractivity contribution in [3.8, 4) is 0 Å². The molecule has 3 aromatic carbocycles. The van der Waals surface area contributed by atoms with Crippen LogP contribution in [-0.2, 0) is 6.54 Å². The second-order valence-electron chi connectivity index (χ2n) is 15.3. The zero-order chi connectivity index (χ0) is 34.5. The molecule has 0 radical (unpaired) electrons. The van der Waals surface area contributed by atoms with Gasteiger partial charge in [0.2, 0.25) is 0 Å². The zero-order valence-corrected chi connectivity index (χ0v) is 31.5. The fraction of sp³-hybridized carbons (Fsp3) is 0.581. The summed E-state index contributed by atoms with van der Waals surface area (Å²) in [4.78, 5) is 10.1. The standard InChI is InChI=1S/C19H30N2.C14H22N2.C10H15N/c1-16(2)18-7-9-19(10-8-18)21-13-11-20(12-14-21)15-17-5-3-4-6-17;1-12(2)13-4-6-14(7-5-13)16-10-8-15(3)9-11-16;1-8(2)10-5-3-4-9(6-10)7-11/h7-10,16-17H,3-6,11-15H2,1-2H3;4-7,12H,8-11H2,1-3H3;3-6,8H,7,11H2,1-2H3. The van der Waals surface area contributed by atoms with Crippen LogP contribution in [0.4, 0.5) is 11.4 Å². The molecule has 2 saturated heterocycles. The van der Waals surface area contributed by atoms with Crippen molar-refractivity contribution >= 4 is 11.4 Å². The highest BCUT2D eigenvalue weighted by Gasteiger charge is 2.22. The number of nitrogens with zero attached hydrogens (tertiary/aromatic N) is 4. The molecule has 3 aliphatic rings. The van der Waals surface area contributed by atoms with Crippen molar-refractivity contribution < 1.29 is 0 Å². The maximum absolute atomic E-state index is 5.52. The van der Waals surface area contributed by atoms with Crippen LogP contribution in [0, 0.1) is 5.92 Å². The molecule has 3 fully saturated rings. The third-order valence-electron chi connectivity index (χ3n) is 10.6. The number of hydrogen-bond donors (Lipinski definition) is 1. The summed E-state index contributed by atoms with van der Waals surface area (Å²) >= 11 is 0. The van der Waals surface area contributed by atoms with E-state index in [-0.39, 0.29) is 0 Å². The Hall–Kier alpha value is -2.86. The van der Waals surface area contributed by atoms with Crippen LogP contribution in [0.5, 0.6) is 0 Å². The monoisotopic (exact) mass is 654 g/mol. The van der Waals surface area contributed by atoms with Crippen molar-refractivity contribution in [2.45, 2.75) is 91.5 Å². The summed E-state index contributed by atoms with van der Waals surface area (Å²) in [5, 5.41) is 0. The molecule has 2 N–H and O–H groups in total. The molecule has 0 bridgehead atoms. The van der Waals surface area contributed by atoms with Gasteiger partial charge in [0.05, 0.1) is 0 Å². The Balaban J connectivity index is 0.000000171. The SMILES string of the molecule is CC(C)c1ccc(N2CCN(C)CC2)cc1.CC(C)c1ccc(N2CCN(CC3CCCC3)CC2)cc1.CC(C)c1cccc(CN)c1. The van der Waals surface area contributed by atoms with Gasteiger partial charge in [0.25, 0.3) is 0 Å². The smallest absolute Gasteiger partial charge is 0.0367 e. The molecule has 1 aliphatic carbocycles. The third kappa shape index (κ3) is 11.9. The minimum absolute atomic E-state index is 0.599. The van der Waals surface area contributed by atoms with E-state index in [2.05, 4.69) is 141 Å². The average Bonchev–Trinajstić information content (AvgIpc) is 3.63. The fourth-order valence-corrected chi connectivity index (χ4v) is 7.03. The van der Waals surface area contributed by atoms with Crippen molar-refractivity contribution in [1.29, 1.82) is 0 Å². The number of rotatable bonds is 8. The number of hydrogen-bond acceptors (Lipinski definition) is 5. The van der Waals surface area contributed by atoms with Gasteiger partial charge in [-0.2, -0.15) is 0 Å². The van der Waals surface area contributed by atoms with Gasteiger partial charge in [-0.25, -0.2) is 0 Å². The van der Waals surface area contributed by atoms with Gasteiger partial charge in [0, 0.05) is 76.8 Å². The van der Waals surface area contributed by atoms with Crippen LogP contribution in [-0.4, -0.2) is 75.8 Å². The van der Waals surface area contributed by atoms with E-state index in [1.54, 1.807) is 0 Å². The van der Waals surface area contributed by atoms with E-state index < -0.39 is 0 Å². The van der Waals surface area contributed by atoms with Gasteiger partial charge in [-0.05, 0) is 90.1 Å². The van der Waals surface area contributed by atoms with Crippen molar-refractivity contribution in [3.63, 3.8) is 0 Å². The van der Waals surface area contributed by atoms with Crippen molar-refractivity contribution in [2.24, 2.45) is 11.7 Å². The van der Waals surface area contributed by atoms with E-state index in [9.17, 15) is 0 Å². The van der Waals surface area contributed by atoms with E-state index in [1.165, 1.54) is 105 Å². The lowest BCUT2D eigenvalue weighted by atomic mass is 10.0. The van der Waals surface area contributed by atoms with E-state index in [0.717, 1.165) is 19.0 Å². The van der Waals surface area contributed by atoms with E-state index >= 15 is 0 Å². The molecule has 48 heavy (non-hydrogen) atoms. The second kappa shape index (κ2) is 19.4. The molecular formula is C43H67N5. The Morgan fingerprint density at radius 3 is 1.48 bits per heavy atom. The van der Waals surface area contributed by atoms with Crippen LogP contribution in [0.3, 0.4) is 0 Å². The summed E-state index contributed by atoms with van der Waals surface area (Å²) in [6.07, 6.45) is 5.87. The lowest BCUT2D eigenvalue weighted by Crippen LogP contribution is -2.47. The average molecular weight is 654 g/mol. The van der Waals surface area contributed by atoms with Gasteiger partial charge in [-0.3, -0.25) is 4.90 Å². The lowest BCUT2D eigenvalue weighted by molar-refractivity contribution is 0.220. The Morgan fingerprint density at radius 2 is 1.04 bits per heavy atom. The predicted octanol–water partition coefficient (Wildman–Crippen LogP) is 8.95. The highest BCUT2D eigenvalue weighted by molar-refractivity contribution is 5.49. The Kier molecular flexibility index (Phi) is 15.3. The number of likely N-dealkylation sites (N-methyl/N-ethyl adjacent to an activating group) is 1. The summed E-state index contributed by atoms with van der Waals surface area (Å²) in [6.45, 7) is 24.9. The van der Waals surface area contributed by atoms with E-state index in [1.807, 2.05) is 0 Å². The number of nitrogens with two attached hydrogens (primary N) is 1. The molecule has 264 valence electrons. The van der Waals surface area contributed by atoms with Gasteiger partial charge in [0.15, 0.2) is 0 Å². The molecule has 2 heterocycles. The van der Waals surface area contributed by atoms with Gasteiger partial charge < -0.3 is 20.4 Å². The first-order valence-electron chi connectivity index (χ1n) is 19.0. The molecule has 0 aromatic heterocycles. The molecule has 5 heteroatoms. The molecule has 0 spiro atoms. The van der Waals surface area contributed by atoms with Crippen LogP contribution in [0.25, 0.3) is 0 Å². The summed E-state index contributed by atoms with van der Waals surface area (Å²) in [5.74, 6) is 2.84. The molecule has 1 saturated carbocycles. The molecule has 0 atom stereocenters. The summed E-state index contributed by atoms with van der Waals surface area (Å²) in [6, 6.07) is 26.7. The topological polar surface area (TPSA) is 39.0 Å². The van der Waals surface area contributed by atoms with Crippen LogP contribution in [0.1, 0.15) is 107 Å². The molecule has 0 unspecified atom stereocenters. The molecule has 0 amide bonds. The zero-order valence-electron chi connectivity index (χ0n) is 31.5. The Bertz CT molecular complexity index is 1290. The van der Waals surface area contributed by atoms with Gasteiger partial charge >= 0.3 is 0 Å². The lowest BCUT2D eigenvalue weighted by Gasteiger charge is -2.37. The predicted molar refractivity (Wildman–Crippen MR) is 210 cm³/mol. The maximum atomic E-state index is 5.52. The highest BCUT2D eigenvalue weighted by atomic mass is 15.3. The van der Waals surface area contributed by atoms with Gasteiger partial charge in [-0.1, -0.05) is 103 Å². The molecule has 2 aliphatic heterocycles. The second-order valence-corrected chi connectivity index (χ2v) is 15.3. The summed E-state index contributed by atoms with van der Waals surface area (Å²) in [5.41, 5.74) is 13.8. The van der Waals surface area contributed by atoms with E-state index in [0.29, 0.717) is 24.3 Å². The molecule has 3 aromatic rings. The summed E-state index contributed by atoms with van der Waals surface area (Å²) < 4.78 is 0. The third-order valence-corrected chi connectivity index (χ3v) is 10.6. The first kappa shape index (κ1) is 38.0. The fourth-order valence-electron chi connectivity index (χ4n) is 7.03. The minimum Gasteiger partial charge on any atom is -0.369 e. The van der Waals surface area contributed by atoms with Gasteiger partial charge in [0.1, 0.15) is 0 Å². The number of piperazine rings is 2. The quantitative estimate of drug-likeness (QED) is 0.263.